The van der Waals surface area contributed by atoms with Crippen LogP contribution in [0.2, 0.25) is 0 Å². The summed E-state index contributed by atoms with van der Waals surface area (Å²) in [4.78, 5) is 63.9. The highest BCUT2D eigenvalue weighted by atomic mass is 31.3. The second-order valence-electron chi connectivity index (χ2n) is 13.0. The minimum atomic E-state index is -5.91. The number of aromatic nitrogens is 3. The summed E-state index contributed by atoms with van der Waals surface area (Å²) in [6, 6.07) is 5.20. The largest absolute Gasteiger partial charge is 0.790 e. The van der Waals surface area contributed by atoms with Crippen molar-refractivity contribution < 1.29 is 62.3 Å². The van der Waals surface area contributed by atoms with E-state index in [2.05, 4.69) is 86.1 Å². The van der Waals surface area contributed by atoms with Gasteiger partial charge in [-0.1, -0.05) is 6.07 Å². The van der Waals surface area contributed by atoms with Gasteiger partial charge in [-0.3, -0.25) is 23.6 Å². The van der Waals surface area contributed by atoms with Crippen LogP contribution in [-0.4, -0.2) is 122 Å². The fourth-order valence-corrected chi connectivity index (χ4v) is 7.48. The molecule has 1 saturated heterocycles. The number of nitrogens with one attached hydrogen (secondary N) is 4. The van der Waals surface area contributed by atoms with Gasteiger partial charge in [-0.15, -0.1) is 0 Å². The number of phosphoric acid groups is 2. The number of fused-ring (bicyclic) bond motifs is 1. The molecule has 0 radical (unpaired) electrons. The number of phosphoric ester groups is 1. The zero-order chi connectivity index (χ0) is 42.6. The first-order valence-electron chi connectivity index (χ1n) is 19.4. The SMILES string of the molecule is CC[NH+](CC)CC.CC[NH+](CC)CC.CC[NH+](CC)CC.Nc1nc2c(c(=O)[nH]1)N(Cc1ccccn1)CN2[C@@H]1O[C@H](COP(=O)([O-])OP(=O)([O-])[O-])[C@@H](O)[C@H]1O. The van der Waals surface area contributed by atoms with E-state index in [1.165, 1.54) is 63.8 Å². The lowest BCUT2D eigenvalue weighted by molar-refractivity contribution is -0.894. The molecule has 4 rings (SSSR count). The topological polar surface area (TPSA) is 276 Å². The summed E-state index contributed by atoms with van der Waals surface area (Å²) in [5.74, 6) is -0.202. The molecule has 8 N–H and O–H groups in total. The number of hydrogen-bond acceptors (Lipinski definition) is 16. The zero-order valence-electron chi connectivity index (χ0n) is 34.4. The number of nitrogen functional groups attached to an aromatic ring is 1. The second kappa shape index (κ2) is 25.7. The lowest BCUT2D eigenvalue weighted by Crippen LogP contribution is -3.11. The van der Waals surface area contributed by atoms with Crippen LogP contribution in [0.3, 0.4) is 0 Å². The van der Waals surface area contributed by atoms with Gasteiger partial charge in [-0.2, -0.15) is 4.98 Å². The molecule has 5 atom stereocenters. The third-order valence-corrected chi connectivity index (χ3v) is 11.7. The van der Waals surface area contributed by atoms with E-state index in [-0.39, 0.29) is 30.7 Å². The standard InChI is InChI=1S/C16H22N6O11P2.3C6H15N/c17-16-19-13-10(14(25)20-16)21(5-8-3-1-2-4-18-8)7-22(13)15-12(24)11(23)9(32-15)6-31-35(29,30)33-34(26,27)28;3*1-4-7(5-2)6-3/h1-4,9,11-12,15,23-24H,5-7H2,(H,29,30)(H2,26,27,28)(H3,17,19,20,25);3*4-6H2,1-3H3/t9-,11-,12-,15-;;;/m1.../s1. The van der Waals surface area contributed by atoms with E-state index < -0.39 is 52.4 Å². The Balaban J connectivity index is 0.000000610. The smallest absolute Gasteiger partial charge is 0.278 e. The Morgan fingerprint density at radius 1 is 0.875 bits per heavy atom. The Kier molecular flexibility index (Phi) is 23.7. The summed E-state index contributed by atoms with van der Waals surface area (Å²) >= 11 is 0. The number of aliphatic hydroxyl groups is 2. The van der Waals surface area contributed by atoms with E-state index in [0.717, 1.165) is 0 Å². The Bertz CT molecular complexity index is 1490. The summed E-state index contributed by atoms with van der Waals surface area (Å²) in [7, 11) is -11.5. The molecule has 324 valence electrons. The number of ether oxygens (including phenoxy) is 1. The lowest BCUT2D eigenvalue weighted by atomic mass is 10.1. The van der Waals surface area contributed by atoms with Crippen LogP contribution in [0.1, 0.15) is 68.0 Å². The molecule has 20 nitrogen and oxygen atoms in total. The minimum Gasteiger partial charge on any atom is -0.790 e. The van der Waals surface area contributed by atoms with Crippen molar-refractivity contribution in [2.24, 2.45) is 0 Å². The quantitative estimate of drug-likeness (QED) is 0.0751. The van der Waals surface area contributed by atoms with Gasteiger partial charge in [-0.25, -0.2) is 0 Å². The second-order valence-corrected chi connectivity index (χ2v) is 15.7. The van der Waals surface area contributed by atoms with Crippen molar-refractivity contribution in [3.8, 4) is 0 Å². The van der Waals surface area contributed by atoms with E-state index >= 15 is 0 Å². The minimum absolute atomic E-state index is 0.0245. The fraction of sp³-hybridized carbons (Fsp3) is 0.735. The highest BCUT2D eigenvalue weighted by Crippen LogP contribution is 2.50. The van der Waals surface area contributed by atoms with Gasteiger partial charge in [0.25, 0.3) is 13.4 Å². The molecular weight excluding hydrogens is 772 g/mol. The summed E-state index contributed by atoms with van der Waals surface area (Å²) in [5.41, 5.74) is 5.79. The molecule has 0 aliphatic carbocycles. The monoisotopic (exact) mass is 839 g/mol. The number of anilines is 3. The summed E-state index contributed by atoms with van der Waals surface area (Å²) in [6.07, 6.45) is -4.63. The van der Waals surface area contributed by atoms with Crippen molar-refractivity contribution >= 4 is 33.1 Å². The Morgan fingerprint density at radius 3 is 1.79 bits per heavy atom. The molecule has 56 heavy (non-hydrogen) atoms. The molecule has 4 heterocycles. The molecule has 2 aliphatic heterocycles. The van der Waals surface area contributed by atoms with E-state index in [1.807, 2.05) is 0 Å². The van der Waals surface area contributed by atoms with Gasteiger partial charge in [0.2, 0.25) is 5.95 Å². The van der Waals surface area contributed by atoms with Crippen LogP contribution < -0.4 is 50.5 Å². The molecule has 0 amide bonds. The zero-order valence-corrected chi connectivity index (χ0v) is 36.2. The van der Waals surface area contributed by atoms with Crippen molar-refractivity contribution in [1.29, 1.82) is 0 Å². The highest BCUT2D eigenvalue weighted by Gasteiger charge is 2.49. The average molecular weight is 840 g/mol. The highest BCUT2D eigenvalue weighted by molar-refractivity contribution is 7.58. The number of hydrogen-bond donors (Lipinski definition) is 7. The Morgan fingerprint density at radius 2 is 1.38 bits per heavy atom. The van der Waals surface area contributed by atoms with Crippen LogP contribution >= 0.6 is 15.6 Å². The van der Waals surface area contributed by atoms with Crippen molar-refractivity contribution in [3.63, 3.8) is 0 Å². The van der Waals surface area contributed by atoms with Crippen LogP contribution in [0.5, 0.6) is 0 Å². The van der Waals surface area contributed by atoms with Crippen molar-refractivity contribution in [3.05, 3.63) is 40.4 Å². The number of pyridine rings is 1. The molecule has 0 saturated carbocycles. The Hall–Kier alpha value is -2.55. The van der Waals surface area contributed by atoms with Gasteiger partial charge in [0, 0.05) is 6.20 Å². The van der Waals surface area contributed by atoms with E-state index in [1.54, 1.807) is 44.0 Å². The number of nitrogens with zero attached hydrogens (tertiary/aromatic N) is 4. The van der Waals surface area contributed by atoms with E-state index in [0.29, 0.717) is 5.69 Å². The predicted molar refractivity (Wildman–Crippen MR) is 208 cm³/mol. The molecule has 2 aromatic rings. The molecule has 1 unspecified atom stereocenters. The van der Waals surface area contributed by atoms with Crippen LogP contribution in [-0.2, 0) is 29.2 Å². The van der Waals surface area contributed by atoms with Crippen LogP contribution in [0, 0.1) is 0 Å². The maximum atomic E-state index is 12.6. The number of H-pyrrole nitrogens is 1. The molecule has 1 fully saturated rings. The van der Waals surface area contributed by atoms with Crippen LogP contribution in [0.4, 0.5) is 17.5 Å². The van der Waals surface area contributed by atoms with E-state index in [9.17, 15) is 38.8 Å². The van der Waals surface area contributed by atoms with Crippen molar-refractivity contribution in [2.75, 3.05) is 87.7 Å². The van der Waals surface area contributed by atoms with Gasteiger partial charge in [-0.05, 0) is 74.4 Å². The average Bonchev–Trinajstić information content (AvgIpc) is 3.65. The molecule has 2 aliphatic rings. The number of rotatable bonds is 17. The molecule has 0 spiro atoms. The van der Waals surface area contributed by atoms with Crippen LogP contribution in [0.15, 0.2) is 29.2 Å². The maximum absolute atomic E-state index is 12.6. The van der Waals surface area contributed by atoms with Crippen molar-refractivity contribution in [2.45, 2.75) is 93.4 Å². The summed E-state index contributed by atoms with van der Waals surface area (Å²) in [6.45, 7) is 30.6. The molecular formula is C34H67N9O11P2. The molecule has 2 aromatic heterocycles. The summed E-state index contributed by atoms with van der Waals surface area (Å²) in [5, 5.41) is 20.9. The lowest BCUT2D eigenvalue weighted by Gasteiger charge is -2.35. The molecule has 0 aromatic carbocycles. The van der Waals surface area contributed by atoms with E-state index in [4.69, 9.17) is 10.5 Å². The van der Waals surface area contributed by atoms with Crippen molar-refractivity contribution in [1.82, 2.24) is 15.0 Å². The number of quaternary nitrogens is 3. The van der Waals surface area contributed by atoms with Gasteiger partial charge in [0.05, 0.1) is 92.2 Å². The normalized spacial score (nSPS) is 20.2. The third-order valence-electron chi connectivity index (χ3n) is 9.63. The first kappa shape index (κ1) is 51.5. The van der Waals surface area contributed by atoms with Gasteiger partial charge < -0.3 is 69.0 Å². The first-order valence-corrected chi connectivity index (χ1v) is 22.3. The van der Waals surface area contributed by atoms with Crippen LogP contribution in [0.25, 0.3) is 0 Å². The maximum Gasteiger partial charge on any atom is 0.278 e. The number of aliphatic hydroxyl groups excluding tert-OH is 2. The molecule has 0 bridgehead atoms. The fourth-order valence-electron chi connectivity index (χ4n) is 5.98. The third kappa shape index (κ3) is 17.1. The van der Waals surface area contributed by atoms with Gasteiger partial charge in [0.15, 0.2) is 12.0 Å². The molecule has 22 heteroatoms. The number of nitrogens with two attached hydrogens (primary N) is 1. The predicted octanol–water partition coefficient (Wildman–Crippen LogP) is -3.90. The first-order chi connectivity index (χ1) is 26.4. The van der Waals surface area contributed by atoms with Gasteiger partial charge >= 0.3 is 0 Å². The summed E-state index contributed by atoms with van der Waals surface area (Å²) < 4.78 is 35.3. The van der Waals surface area contributed by atoms with Gasteiger partial charge in [0.1, 0.15) is 24.0 Å². The Labute approximate surface area is 331 Å². The number of aromatic amines is 1.